The van der Waals surface area contributed by atoms with Crippen molar-refractivity contribution in [2.75, 3.05) is 6.26 Å². The minimum absolute atomic E-state index is 0.186. The average molecular weight is 244 g/mol. The topological polar surface area (TPSA) is 120 Å². The second-order valence-corrected chi connectivity index (χ2v) is 3.57. The molecule has 1 aromatic heterocycles. The van der Waals surface area contributed by atoms with Crippen LogP contribution in [0.2, 0.25) is 0 Å². The summed E-state index contributed by atoms with van der Waals surface area (Å²) in [6, 6.07) is 0. The van der Waals surface area contributed by atoms with Crippen molar-refractivity contribution >= 4 is 23.7 Å². The minimum atomic E-state index is -1.49. The van der Waals surface area contributed by atoms with E-state index in [2.05, 4.69) is 9.97 Å². The quantitative estimate of drug-likeness (QED) is 0.496. The first-order valence-electron chi connectivity index (χ1n) is 4.08. The Morgan fingerprint density at radius 1 is 1.44 bits per heavy atom. The van der Waals surface area contributed by atoms with Crippen molar-refractivity contribution in [3.05, 3.63) is 21.6 Å². The number of carbonyl (C=O) groups is 2. The van der Waals surface area contributed by atoms with Gasteiger partial charge >= 0.3 is 11.9 Å². The largest absolute Gasteiger partial charge is 0.481 e. The lowest BCUT2D eigenvalue weighted by atomic mass is 10.2. The molecule has 0 saturated heterocycles. The smallest absolute Gasteiger partial charge is 0.343 e. The Kier molecular flexibility index (Phi) is 3.67. The van der Waals surface area contributed by atoms with E-state index in [0.717, 1.165) is 11.8 Å². The number of nitrogens with zero attached hydrogens (tertiary/aromatic N) is 1. The lowest BCUT2D eigenvalue weighted by Crippen LogP contribution is -2.24. The van der Waals surface area contributed by atoms with Crippen LogP contribution in [-0.4, -0.2) is 38.4 Å². The molecule has 0 amide bonds. The Bertz CT molecular complexity index is 496. The maximum absolute atomic E-state index is 11.4. The molecule has 1 heterocycles. The number of hydrogen-bond acceptors (Lipinski definition) is 5. The Labute approximate surface area is 93.5 Å². The van der Waals surface area contributed by atoms with Gasteiger partial charge in [0, 0.05) is 0 Å². The summed E-state index contributed by atoms with van der Waals surface area (Å²) in [6.07, 6.45) is 1.03. The molecule has 0 saturated carbocycles. The zero-order chi connectivity index (χ0) is 12.3. The van der Waals surface area contributed by atoms with Crippen molar-refractivity contribution in [3.8, 4) is 0 Å². The van der Waals surface area contributed by atoms with Crippen molar-refractivity contribution in [3.63, 3.8) is 0 Å². The van der Waals surface area contributed by atoms with Gasteiger partial charge in [-0.15, -0.1) is 0 Å². The fourth-order valence-electron chi connectivity index (χ4n) is 1.09. The predicted octanol–water partition coefficient (Wildman–Crippen LogP) is -0.183. The number of aliphatic carboxylic acids is 1. The Morgan fingerprint density at radius 2 is 2.06 bits per heavy atom. The first-order chi connectivity index (χ1) is 7.45. The van der Waals surface area contributed by atoms with Crippen molar-refractivity contribution in [2.45, 2.75) is 11.6 Å². The third-order valence-corrected chi connectivity index (χ3v) is 2.28. The number of aromatic carboxylic acids is 1. The van der Waals surface area contributed by atoms with Gasteiger partial charge in [0.15, 0.2) is 5.16 Å². The normalized spacial score (nSPS) is 10.1. The molecule has 0 aliphatic rings. The highest BCUT2D eigenvalue weighted by atomic mass is 32.2. The van der Waals surface area contributed by atoms with E-state index in [1.54, 1.807) is 6.26 Å². The summed E-state index contributed by atoms with van der Waals surface area (Å²) < 4.78 is 0. The van der Waals surface area contributed by atoms with Crippen LogP contribution in [0.25, 0.3) is 0 Å². The number of thioether (sulfide) groups is 1. The maximum Gasteiger partial charge on any atom is 0.343 e. The molecule has 86 valence electrons. The van der Waals surface area contributed by atoms with Crippen LogP contribution >= 0.6 is 11.8 Å². The number of nitrogens with one attached hydrogen (secondary N) is 1. The van der Waals surface area contributed by atoms with Crippen molar-refractivity contribution < 1.29 is 19.8 Å². The van der Waals surface area contributed by atoms with E-state index in [-0.39, 0.29) is 10.9 Å². The second kappa shape index (κ2) is 4.79. The van der Waals surface area contributed by atoms with Crippen LogP contribution in [0.1, 0.15) is 16.1 Å². The molecule has 16 heavy (non-hydrogen) atoms. The number of rotatable bonds is 4. The third kappa shape index (κ3) is 2.60. The molecule has 0 aromatic carbocycles. The summed E-state index contributed by atoms with van der Waals surface area (Å²) in [5, 5.41) is 17.5. The summed E-state index contributed by atoms with van der Waals surface area (Å²) >= 11 is 1.09. The molecule has 1 rings (SSSR count). The molecule has 0 bridgehead atoms. The standard InChI is InChI=1S/C8H8N2O5S/c1-16-8-9-3(2-4(11)12)5(7(14)15)6(13)10-8/h2H2,1H3,(H,11,12)(H,14,15)(H,9,10,13). The van der Waals surface area contributed by atoms with Crippen molar-refractivity contribution in [1.29, 1.82) is 0 Å². The maximum atomic E-state index is 11.4. The van der Waals surface area contributed by atoms with Gasteiger partial charge in [0.05, 0.1) is 12.1 Å². The van der Waals surface area contributed by atoms with Crippen molar-refractivity contribution in [1.82, 2.24) is 9.97 Å². The lowest BCUT2D eigenvalue weighted by Gasteiger charge is -2.03. The number of carboxylic acid groups (broad SMARTS) is 2. The number of H-pyrrole nitrogens is 1. The minimum Gasteiger partial charge on any atom is -0.481 e. The molecule has 0 fully saturated rings. The molecule has 8 heteroatoms. The van der Waals surface area contributed by atoms with Crippen LogP contribution in [0.15, 0.2) is 9.95 Å². The molecule has 3 N–H and O–H groups in total. The van der Waals surface area contributed by atoms with Gasteiger partial charge in [-0.1, -0.05) is 11.8 Å². The van der Waals surface area contributed by atoms with Crippen LogP contribution in [0.4, 0.5) is 0 Å². The molecule has 1 aromatic rings. The zero-order valence-corrected chi connectivity index (χ0v) is 9.00. The second-order valence-electron chi connectivity index (χ2n) is 2.77. The molecule has 0 aliphatic heterocycles. The lowest BCUT2D eigenvalue weighted by molar-refractivity contribution is -0.136. The van der Waals surface area contributed by atoms with Crippen LogP contribution in [-0.2, 0) is 11.2 Å². The van der Waals surface area contributed by atoms with E-state index < -0.39 is 29.5 Å². The number of hydrogen-bond donors (Lipinski definition) is 3. The molecule has 0 unspecified atom stereocenters. The SMILES string of the molecule is CSc1nc(CC(=O)O)c(C(=O)O)c(=O)[nH]1. The molecule has 0 spiro atoms. The van der Waals surface area contributed by atoms with Gasteiger partial charge in [0.2, 0.25) is 0 Å². The Hall–Kier alpha value is -1.83. The van der Waals surface area contributed by atoms with E-state index in [1.165, 1.54) is 0 Å². The van der Waals surface area contributed by atoms with E-state index >= 15 is 0 Å². The van der Waals surface area contributed by atoms with Gasteiger partial charge in [-0.05, 0) is 6.26 Å². The highest BCUT2D eigenvalue weighted by Gasteiger charge is 2.19. The van der Waals surface area contributed by atoms with E-state index in [9.17, 15) is 14.4 Å². The Morgan fingerprint density at radius 3 is 2.50 bits per heavy atom. The monoisotopic (exact) mass is 244 g/mol. The number of aromatic amines is 1. The summed E-state index contributed by atoms with van der Waals surface area (Å²) in [4.78, 5) is 38.6. The van der Waals surface area contributed by atoms with Gasteiger partial charge in [0.25, 0.3) is 5.56 Å². The van der Waals surface area contributed by atoms with Gasteiger partial charge in [-0.3, -0.25) is 9.59 Å². The fraction of sp³-hybridized carbons (Fsp3) is 0.250. The highest BCUT2D eigenvalue weighted by molar-refractivity contribution is 7.98. The number of carboxylic acids is 2. The fourth-order valence-corrected chi connectivity index (χ4v) is 1.48. The molecular weight excluding hydrogens is 236 g/mol. The van der Waals surface area contributed by atoms with Gasteiger partial charge in [-0.25, -0.2) is 9.78 Å². The first kappa shape index (κ1) is 12.2. The van der Waals surface area contributed by atoms with E-state index in [4.69, 9.17) is 10.2 Å². The van der Waals surface area contributed by atoms with Gasteiger partial charge in [-0.2, -0.15) is 0 Å². The van der Waals surface area contributed by atoms with Crippen LogP contribution < -0.4 is 5.56 Å². The van der Waals surface area contributed by atoms with Gasteiger partial charge < -0.3 is 15.2 Å². The average Bonchev–Trinajstić information content (AvgIpc) is 2.14. The molecule has 0 radical (unpaired) electrons. The number of aromatic nitrogens is 2. The molecule has 0 atom stereocenters. The first-order valence-corrected chi connectivity index (χ1v) is 5.30. The van der Waals surface area contributed by atoms with Crippen LogP contribution in [0, 0.1) is 0 Å². The van der Waals surface area contributed by atoms with Crippen LogP contribution in [0.5, 0.6) is 0 Å². The molecular formula is C8H8N2O5S. The summed E-state index contributed by atoms with van der Waals surface area (Å²) in [7, 11) is 0. The highest BCUT2D eigenvalue weighted by Crippen LogP contribution is 2.09. The molecule has 7 nitrogen and oxygen atoms in total. The summed E-state index contributed by atoms with van der Waals surface area (Å²) in [5.74, 6) is -2.73. The zero-order valence-electron chi connectivity index (χ0n) is 8.18. The van der Waals surface area contributed by atoms with Crippen molar-refractivity contribution in [2.24, 2.45) is 0 Å². The third-order valence-electron chi connectivity index (χ3n) is 1.70. The summed E-state index contributed by atoms with van der Waals surface area (Å²) in [5.41, 5.74) is -1.71. The van der Waals surface area contributed by atoms with E-state index in [0.29, 0.717) is 0 Å². The predicted molar refractivity (Wildman–Crippen MR) is 54.9 cm³/mol. The van der Waals surface area contributed by atoms with E-state index in [1.807, 2.05) is 0 Å². The van der Waals surface area contributed by atoms with Crippen LogP contribution in [0.3, 0.4) is 0 Å². The Balaban J connectivity index is 3.40. The molecule has 0 aliphatic carbocycles. The van der Waals surface area contributed by atoms with Gasteiger partial charge in [0.1, 0.15) is 5.56 Å². The summed E-state index contributed by atoms with van der Waals surface area (Å²) in [6.45, 7) is 0.